The predicted molar refractivity (Wildman–Crippen MR) is 143 cm³/mol. The van der Waals surface area contributed by atoms with Crippen molar-refractivity contribution in [3.63, 3.8) is 0 Å². The Bertz CT molecular complexity index is 896. The van der Waals surface area contributed by atoms with Gasteiger partial charge in [0, 0.05) is 5.92 Å². The van der Waals surface area contributed by atoms with Crippen LogP contribution in [0, 0.1) is 51.8 Å². The Morgan fingerprint density at radius 1 is 1.26 bits per heavy atom. The van der Waals surface area contributed by atoms with Gasteiger partial charge in [-0.3, -0.25) is 4.79 Å². The molecule has 0 aromatic heterocycles. The summed E-state index contributed by atoms with van der Waals surface area (Å²) in [7, 11) is 1.28. The third kappa shape index (κ3) is 3.73. The fraction of sp³-hybridized carbons (Fsp3) is 0.897. The summed E-state index contributed by atoms with van der Waals surface area (Å²) < 4.78 is 19.4. The molecule has 6 heteroatoms. The maximum atomic E-state index is 12.9. The van der Waals surface area contributed by atoms with Crippen LogP contribution < -0.4 is 0 Å². The lowest BCUT2D eigenvalue weighted by atomic mass is 9.36. The van der Waals surface area contributed by atoms with Crippen LogP contribution >= 0.6 is 11.9 Å². The molecule has 0 aromatic carbocycles. The van der Waals surface area contributed by atoms with Gasteiger partial charge in [0.05, 0.1) is 18.1 Å². The molecule has 5 rings (SSSR count). The lowest BCUT2D eigenvalue weighted by molar-refractivity contribution is -0.238. The van der Waals surface area contributed by atoms with E-state index in [1.54, 1.807) is 0 Å². The zero-order chi connectivity index (χ0) is 26.0. The Morgan fingerprint density at radius 2 is 2.03 bits per heavy atom. The number of aliphatic hydroxyl groups is 1. The second-order valence-corrected chi connectivity index (χ2v) is 14.1. The number of ether oxygens (including phenoxy) is 1. The van der Waals surface area contributed by atoms with E-state index in [1.165, 1.54) is 12.7 Å². The van der Waals surface area contributed by atoms with E-state index in [0.717, 1.165) is 63.3 Å². The van der Waals surface area contributed by atoms with Crippen LogP contribution in [-0.2, 0) is 13.7 Å². The van der Waals surface area contributed by atoms with E-state index in [4.69, 9.17) is 10.3 Å². The average molecular weight is 504 g/mol. The van der Waals surface area contributed by atoms with Crippen molar-refractivity contribution in [2.45, 2.75) is 111 Å². The van der Waals surface area contributed by atoms with Gasteiger partial charge in [0.1, 0.15) is 6.10 Å². The van der Waals surface area contributed by atoms with Crippen LogP contribution in [0.3, 0.4) is 0 Å². The third-order valence-corrected chi connectivity index (χ3v) is 12.5. The average Bonchev–Trinajstić information content (AvgIpc) is 3.25. The largest absolute Gasteiger partial charge is 0.462 e. The van der Waals surface area contributed by atoms with Gasteiger partial charge < -0.3 is 14.0 Å². The number of hydrogen-bond donors (Lipinski definition) is 1. The number of carbonyl (C=O) groups excluding carboxylic acids is 1. The number of rotatable bonds is 6. The number of fused-ring (bicyclic) bond motifs is 7. The van der Waals surface area contributed by atoms with E-state index in [1.807, 2.05) is 0 Å². The second kappa shape index (κ2) is 9.08. The molecule has 0 amide bonds. The van der Waals surface area contributed by atoms with E-state index < -0.39 is 0 Å². The van der Waals surface area contributed by atoms with Crippen molar-refractivity contribution in [1.82, 2.24) is 0 Å². The summed E-state index contributed by atoms with van der Waals surface area (Å²) >= 11 is 1.16. The van der Waals surface area contributed by atoms with Crippen LogP contribution in [-0.4, -0.2) is 37.8 Å². The Kier molecular flexibility index (Phi) is 6.45. The summed E-state index contributed by atoms with van der Waals surface area (Å²) in [5.41, 5.74) is 1.47. The Hall–Kier alpha value is -0.455. The van der Waals surface area contributed by atoms with Crippen LogP contribution in [0.4, 0.5) is 0 Å². The van der Waals surface area contributed by atoms with Crippen molar-refractivity contribution >= 4 is 25.0 Å². The van der Waals surface area contributed by atoms with Crippen LogP contribution in [0.2, 0.25) is 0 Å². The lowest BCUT2D eigenvalue weighted by Crippen LogP contribution is -2.66. The Labute approximate surface area is 219 Å². The summed E-state index contributed by atoms with van der Waals surface area (Å²) in [6, 6.07) is 0. The zero-order valence-electron chi connectivity index (χ0n) is 23.6. The fourth-order valence-corrected chi connectivity index (χ4v) is 11.0. The minimum Gasteiger partial charge on any atom is -0.462 e. The molecule has 0 aromatic rings. The Balaban J connectivity index is 1.43. The quantitative estimate of drug-likeness (QED) is 0.209. The number of allylic oxidation sites excluding steroid dienone is 2. The van der Waals surface area contributed by atoms with E-state index in [2.05, 4.69) is 47.6 Å². The molecule has 4 saturated carbocycles. The van der Waals surface area contributed by atoms with Crippen LogP contribution in [0.1, 0.15) is 92.9 Å². The molecule has 195 valence electrons. The molecular weight excluding hydrogens is 455 g/mol. The first-order valence-corrected chi connectivity index (χ1v) is 14.8. The molecule has 5 aliphatic rings. The highest BCUT2D eigenvalue weighted by Gasteiger charge is 2.73. The lowest BCUT2D eigenvalue weighted by Gasteiger charge is -2.69. The fourth-order valence-electron chi connectivity index (χ4n) is 10.6. The first-order chi connectivity index (χ1) is 17.0. The van der Waals surface area contributed by atoms with E-state index in [0.29, 0.717) is 17.8 Å². The van der Waals surface area contributed by atoms with Crippen LogP contribution in [0.15, 0.2) is 11.6 Å². The second-order valence-electron chi connectivity index (χ2n) is 13.7. The molecule has 12 atom stereocenters. The van der Waals surface area contributed by atoms with Gasteiger partial charge >= 0.3 is 5.97 Å². The molecule has 1 radical (unpaired) electrons. The van der Waals surface area contributed by atoms with Gasteiger partial charge in [-0.15, -0.1) is 0 Å². The molecule has 4 aliphatic carbocycles. The molecule has 1 heterocycles. The van der Waals surface area contributed by atoms with Crippen LogP contribution in [0.25, 0.3) is 0 Å². The van der Waals surface area contributed by atoms with Gasteiger partial charge in [-0.1, -0.05) is 51.2 Å². The van der Waals surface area contributed by atoms with Gasteiger partial charge in [0.15, 0.2) is 0 Å². The molecular formula is C29H46BO4S. The maximum absolute atomic E-state index is 12.9. The Morgan fingerprint density at radius 3 is 2.74 bits per heavy atom. The van der Waals surface area contributed by atoms with Crippen molar-refractivity contribution in [1.29, 1.82) is 1.34 Å². The van der Waals surface area contributed by atoms with Crippen molar-refractivity contribution < 1.29 is 18.8 Å². The highest BCUT2D eigenvalue weighted by atomic mass is 32.2. The van der Waals surface area contributed by atoms with E-state index in [9.17, 15) is 9.90 Å². The summed E-state index contributed by atoms with van der Waals surface area (Å²) in [5, 5.41) is 11.9. The third-order valence-electron chi connectivity index (χ3n) is 12.2. The minimum absolute atomic E-state index is 0.00147. The number of carbonyl (C=O) groups is 1. The number of hydrogen-bond acceptors (Lipinski definition) is 5. The molecule has 5 fully saturated rings. The minimum atomic E-state index is -0.339. The zero-order valence-corrected chi connectivity index (χ0v) is 23.4. The number of aliphatic hydroxyl groups excluding tert-OH is 1. The van der Waals surface area contributed by atoms with E-state index >= 15 is 0 Å². The monoisotopic (exact) mass is 503 g/mol. The number of esters is 1. The van der Waals surface area contributed by atoms with Gasteiger partial charge in [0.2, 0.25) is 7.09 Å². The molecule has 1 aliphatic heterocycles. The standard InChI is InChI=1S/C29H46BO4S/c1-16(2)8-7-9-18-24-20-14-21(31)25-27(4)12-11-22(34-35-30)17(3)19(27)10-13-28(25,5)29(20,6)15-23(24)33-26(18)32/h8,17-25,30-31H,7,9-15H2,1-6H3/t17?,18-,19?,20?,21?,22+,23-,24?,25?,27-,28?,29-/m0/s1/i30T. The summed E-state index contributed by atoms with van der Waals surface area (Å²) in [5.74, 6) is 1.74. The van der Waals surface area contributed by atoms with Gasteiger partial charge in [-0.25, -0.2) is 0 Å². The molecule has 1 N–H and O–H groups in total. The van der Waals surface area contributed by atoms with Crippen molar-refractivity contribution in [3.8, 4) is 0 Å². The summed E-state index contributed by atoms with van der Waals surface area (Å²) in [4.78, 5) is 12.9. The highest BCUT2D eigenvalue weighted by molar-refractivity contribution is 8.15. The normalized spacial score (nSPS) is 52.9. The molecule has 4 nitrogen and oxygen atoms in total. The molecule has 35 heavy (non-hydrogen) atoms. The maximum Gasteiger partial charge on any atom is 0.309 e. The molecule has 7 unspecified atom stereocenters. The van der Waals surface area contributed by atoms with Crippen LogP contribution in [0.5, 0.6) is 0 Å². The first-order valence-electron chi connectivity index (χ1n) is 14.6. The molecule has 1 saturated heterocycles. The SMILES string of the molecule is [3H][B]SO[C@@H]1CC[C@@]2(C)C(CCC3(C)C2C(O)CC2C4[C@H](C[C@@]23C)OC(=O)[C@H]4CCC=C(C)C)C1C. The molecule has 0 bridgehead atoms. The van der Waals surface area contributed by atoms with E-state index in [-0.39, 0.29) is 58.3 Å². The van der Waals surface area contributed by atoms with Crippen molar-refractivity contribution in [2.24, 2.45) is 51.8 Å². The van der Waals surface area contributed by atoms with Crippen molar-refractivity contribution in [3.05, 3.63) is 11.6 Å². The van der Waals surface area contributed by atoms with Gasteiger partial charge in [-0.05, 0) is 106 Å². The summed E-state index contributed by atoms with van der Waals surface area (Å²) in [6.07, 6.45) is 9.96. The van der Waals surface area contributed by atoms with Crippen molar-refractivity contribution in [2.75, 3.05) is 0 Å². The predicted octanol–water partition coefficient (Wildman–Crippen LogP) is 6.00. The first kappa shape index (κ1) is 24.9. The smallest absolute Gasteiger partial charge is 0.309 e. The van der Waals surface area contributed by atoms with Gasteiger partial charge in [0.25, 0.3) is 0 Å². The topological polar surface area (TPSA) is 55.8 Å². The highest BCUT2D eigenvalue weighted by Crippen LogP contribution is 2.75. The molecule has 0 spiro atoms. The summed E-state index contributed by atoms with van der Waals surface area (Å²) in [6.45, 7) is 14.0. The van der Waals surface area contributed by atoms with Gasteiger partial charge in [-0.2, -0.15) is 0 Å².